The molecule has 0 saturated carbocycles. The lowest BCUT2D eigenvalue weighted by Gasteiger charge is -2.02. The average molecular weight is 486 g/mol. The molecule has 0 fully saturated rings. The number of hydrogen-bond acceptors (Lipinski definition) is 9. The van der Waals surface area contributed by atoms with Crippen LogP contribution >= 0.6 is 46.0 Å². The minimum atomic E-state index is -0.234. The molecule has 0 aliphatic rings. The number of carbonyl (C=O) groups excluding carboxylic acids is 1. The Hall–Kier alpha value is -2.32. The maximum atomic E-state index is 12.6. The molecule has 4 rings (SSSR count). The van der Waals surface area contributed by atoms with Gasteiger partial charge in [-0.15, -0.1) is 39.6 Å². The molecule has 1 amide bonds. The van der Waals surface area contributed by atoms with Crippen molar-refractivity contribution < 1.29 is 4.79 Å². The van der Waals surface area contributed by atoms with Gasteiger partial charge in [0, 0.05) is 29.7 Å². The van der Waals surface area contributed by atoms with Gasteiger partial charge in [-0.1, -0.05) is 23.2 Å². The maximum Gasteiger partial charge on any atom is 0.275 e. The molecule has 0 atom stereocenters. The number of amides is 1. The van der Waals surface area contributed by atoms with E-state index in [4.69, 9.17) is 0 Å². The second kappa shape index (κ2) is 10.3. The first-order valence-electron chi connectivity index (χ1n) is 9.69. The number of anilines is 1. The standard InChI is InChI=1S/C21H19N5OS4/c1-3-4-5-6-7-10-28-21-24-15-9-8-14(11-17(15)30-21)22-19(27)16-12-29-20(23-16)18-13(2)25-26-31-18/h8-9,11-12H,3-4,7,10H2,1-2H3,(H,22,27). The van der Waals surface area contributed by atoms with E-state index in [0.717, 1.165) is 60.8 Å². The van der Waals surface area contributed by atoms with Crippen molar-refractivity contribution in [3.05, 3.63) is 35.0 Å². The Morgan fingerprint density at radius 3 is 2.90 bits per heavy atom. The van der Waals surface area contributed by atoms with E-state index in [0.29, 0.717) is 5.69 Å². The number of aryl methyl sites for hydroxylation is 1. The van der Waals surface area contributed by atoms with E-state index in [-0.39, 0.29) is 5.91 Å². The van der Waals surface area contributed by atoms with Gasteiger partial charge in [0.25, 0.3) is 5.91 Å². The minimum absolute atomic E-state index is 0.234. The number of rotatable bonds is 7. The summed E-state index contributed by atoms with van der Waals surface area (Å²) in [4.78, 5) is 22.7. The Kier molecular flexibility index (Phi) is 7.29. The number of unbranched alkanes of at least 4 members (excludes halogenated alkanes) is 1. The molecule has 6 nitrogen and oxygen atoms in total. The van der Waals surface area contributed by atoms with Crippen molar-refractivity contribution in [3.63, 3.8) is 0 Å². The highest BCUT2D eigenvalue weighted by atomic mass is 32.2. The van der Waals surface area contributed by atoms with Crippen LogP contribution in [0.25, 0.3) is 20.1 Å². The number of aromatic nitrogens is 4. The van der Waals surface area contributed by atoms with Crippen LogP contribution in [0.15, 0.2) is 27.9 Å². The Morgan fingerprint density at radius 1 is 1.23 bits per heavy atom. The SMILES string of the molecule is CCCC#CCCSc1nc2ccc(NC(=O)c3csc(-c4snnc4C)n3)cc2s1. The first kappa shape index (κ1) is 21.9. The lowest BCUT2D eigenvalue weighted by Crippen LogP contribution is -2.12. The van der Waals surface area contributed by atoms with Crippen molar-refractivity contribution in [3.8, 4) is 21.7 Å². The van der Waals surface area contributed by atoms with Crippen molar-refractivity contribution >= 4 is 67.8 Å². The van der Waals surface area contributed by atoms with Crippen molar-refractivity contribution in [2.45, 2.75) is 37.4 Å². The lowest BCUT2D eigenvalue weighted by molar-refractivity contribution is 0.102. The van der Waals surface area contributed by atoms with Gasteiger partial charge in [-0.05, 0) is 43.1 Å². The van der Waals surface area contributed by atoms with Crippen LogP contribution in [0.3, 0.4) is 0 Å². The molecule has 0 aliphatic heterocycles. The summed E-state index contributed by atoms with van der Waals surface area (Å²) in [6, 6.07) is 5.76. The van der Waals surface area contributed by atoms with Gasteiger partial charge in [0.1, 0.15) is 15.6 Å². The second-order valence-corrected chi connectivity index (χ2v) is 10.5. The van der Waals surface area contributed by atoms with E-state index in [1.807, 2.05) is 25.1 Å². The van der Waals surface area contributed by atoms with Crippen LogP contribution in [0.1, 0.15) is 42.4 Å². The predicted octanol–water partition coefficient (Wildman–Crippen LogP) is 6.12. The average Bonchev–Trinajstić information content (AvgIpc) is 3.49. The van der Waals surface area contributed by atoms with Gasteiger partial charge in [0.05, 0.1) is 15.9 Å². The van der Waals surface area contributed by atoms with E-state index in [1.165, 1.54) is 22.9 Å². The fourth-order valence-electron chi connectivity index (χ4n) is 2.64. The highest BCUT2D eigenvalue weighted by Gasteiger charge is 2.16. The van der Waals surface area contributed by atoms with Crippen molar-refractivity contribution in [2.75, 3.05) is 11.1 Å². The van der Waals surface area contributed by atoms with Crippen molar-refractivity contribution in [2.24, 2.45) is 0 Å². The van der Waals surface area contributed by atoms with E-state index >= 15 is 0 Å². The molecule has 31 heavy (non-hydrogen) atoms. The van der Waals surface area contributed by atoms with Crippen LogP contribution in [0.4, 0.5) is 5.69 Å². The number of fused-ring (bicyclic) bond motifs is 1. The molecule has 0 unspecified atom stereocenters. The summed E-state index contributed by atoms with van der Waals surface area (Å²) in [5.74, 6) is 7.06. The molecule has 3 aromatic heterocycles. The molecule has 10 heteroatoms. The summed E-state index contributed by atoms with van der Waals surface area (Å²) in [5.41, 5.74) is 2.88. The van der Waals surface area contributed by atoms with E-state index in [1.54, 1.807) is 28.5 Å². The molecule has 158 valence electrons. The first-order chi connectivity index (χ1) is 15.1. The van der Waals surface area contributed by atoms with Gasteiger partial charge in [0.15, 0.2) is 4.34 Å². The molecule has 0 radical (unpaired) electrons. The van der Waals surface area contributed by atoms with Gasteiger partial charge < -0.3 is 5.32 Å². The molecule has 4 aromatic rings. The molecule has 0 saturated heterocycles. The summed E-state index contributed by atoms with van der Waals surface area (Å²) in [6.45, 7) is 4.02. The Bertz CT molecular complexity index is 1260. The normalized spacial score (nSPS) is 10.8. The van der Waals surface area contributed by atoms with Gasteiger partial charge in [-0.25, -0.2) is 9.97 Å². The van der Waals surface area contributed by atoms with Crippen molar-refractivity contribution in [1.82, 2.24) is 19.6 Å². The molecule has 1 N–H and O–H groups in total. The zero-order valence-electron chi connectivity index (χ0n) is 17.0. The third kappa shape index (κ3) is 5.49. The van der Waals surface area contributed by atoms with Crippen LogP contribution < -0.4 is 5.32 Å². The monoisotopic (exact) mass is 485 g/mol. The van der Waals surface area contributed by atoms with Crippen LogP contribution in [0.5, 0.6) is 0 Å². The Morgan fingerprint density at radius 2 is 2.10 bits per heavy atom. The third-order valence-corrected chi connectivity index (χ3v) is 8.15. The number of carbonyl (C=O) groups is 1. The van der Waals surface area contributed by atoms with E-state index in [2.05, 4.69) is 43.6 Å². The lowest BCUT2D eigenvalue weighted by atomic mass is 10.3. The Labute approximate surface area is 196 Å². The Balaban J connectivity index is 1.40. The van der Waals surface area contributed by atoms with Crippen LogP contribution in [-0.4, -0.2) is 31.2 Å². The van der Waals surface area contributed by atoms with Crippen LogP contribution in [-0.2, 0) is 0 Å². The summed E-state index contributed by atoms with van der Waals surface area (Å²) >= 11 is 6.06. The minimum Gasteiger partial charge on any atom is -0.321 e. The molecule has 0 bridgehead atoms. The fraction of sp³-hybridized carbons (Fsp3) is 0.286. The van der Waals surface area contributed by atoms with Crippen molar-refractivity contribution in [1.29, 1.82) is 0 Å². The number of nitrogens with zero attached hydrogens (tertiary/aromatic N) is 4. The summed E-state index contributed by atoms with van der Waals surface area (Å²) < 4.78 is 6.00. The molecule has 1 aromatic carbocycles. The third-order valence-electron chi connectivity index (χ3n) is 4.16. The van der Waals surface area contributed by atoms with E-state index < -0.39 is 0 Å². The van der Waals surface area contributed by atoms with Gasteiger partial charge in [-0.3, -0.25) is 4.79 Å². The number of hydrogen-bond donors (Lipinski definition) is 1. The highest BCUT2D eigenvalue weighted by Crippen LogP contribution is 2.32. The van der Waals surface area contributed by atoms with E-state index in [9.17, 15) is 4.79 Å². The summed E-state index contributed by atoms with van der Waals surface area (Å²) in [6.07, 6.45) is 2.93. The highest BCUT2D eigenvalue weighted by molar-refractivity contribution is 8.01. The van der Waals surface area contributed by atoms with Crippen LogP contribution in [0.2, 0.25) is 0 Å². The van der Waals surface area contributed by atoms with Crippen LogP contribution in [0, 0.1) is 18.8 Å². The van der Waals surface area contributed by atoms with Gasteiger partial charge >= 0.3 is 0 Å². The number of nitrogens with one attached hydrogen (secondary N) is 1. The molecular formula is C21H19N5OS4. The first-order valence-corrected chi connectivity index (χ1v) is 13.1. The zero-order chi connectivity index (χ0) is 21.6. The predicted molar refractivity (Wildman–Crippen MR) is 131 cm³/mol. The topological polar surface area (TPSA) is 80.7 Å². The van der Waals surface area contributed by atoms with Gasteiger partial charge in [0.2, 0.25) is 0 Å². The summed E-state index contributed by atoms with van der Waals surface area (Å²) in [5, 5.41) is 9.46. The fourth-order valence-corrected chi connectivity index (χ4v) is 6.26. The molecular weight excluding hydrogens is 467 g/mol. The summed E-state index contributed by atoms with van der Waals surface area (Å²) in [7, 11) is 0. The molecule has 0 aliphatic carbocycles. The number of benzene rings is 1. The second-order valence-electron chi connectivity index (χ2n) is 6.54. The largest absolute Gasteiger partial charge is 0.321 e. The maximum absolute atomic E-state index is 12.6. The molecule has 0 spiro atoms. The zero-order valence-corrected chi connectivity index (χ0v) is 20.2. The quantitative estimate of drug-likeness (QED) is 0.193. The number of thiazole rings is 2. The smallest absolute Gasteiger partial charge is 0.275 e. The van der Waals surface area contributed by atoms with Gasteiger partial charge in [-0.2, -0.15) is 0 Å². The molecule has 3 heterocycles. The number of thioether (sulfide) groups is 1.